The van der Waals surface area contributed by atoms with Crippen molar-refractivity contribution in [2.75, 3.05) is 6.54 Å². The number of pyridine rings is 1. The monoisotopic (exact) mass is 210 g/mol. The van der Waals surface area contributed by atoms with Crippen LogP contribution in [0.4, 0.5) is 0 Å². The van der Waals surface area contributed by atoms with Crippen molar-refractivity contribution in [3.63, 3.8) is 0 Å². The molecule has 1 saturated carbocycles. The van der Waals surface area contributed by atoms with E-state index in [0.29, 0.717) is 22.3 Å². The average Bonchev–Trinajstić information content (AvgIpc) is 2.69. The highest BCUT2D eigenvalue weighted by Gasteiger charge is 2.57. The Balaban J connectivity index is 2.22. The van der Waals surface area contributed by atoms with E-state index in [4.69, 9.17) is 17.3 Å². The smallest absolute Gasteiger partial charge is 0.0589 e. The standard InChI is InChI=1S/C11H15ClN2/c1-11(2)8(5-13)10(11)9-4-3-7(12)6-14-9/h3-4,6,8,10H,5,13H2,1-2H3/t8-,10+/m0/s1. The fraction of sp³-hybridized carbons (Fsp3) is 0.545. The Kier molecular flexibility index (Phi) is 2.28. The minimum atomic E-state index is 0.301. The van der Waals surface area contributed by atoms with Crippen LogP contribution < -0.4 is 5.73 Å². The Hall–Kier alpha value is -0.600. The highest BCUT2D eigenvalue weighted by Crippen LogP contribution is 2.63. The highest BCUT2D eigenvalue weighted by atomic mass is 35.5. The van der Waals surface area contributed by atoms with E-state index in [0.717, 1.165) is 12.2 Å². The van der Waals surface area contributed by atoms with E-state index in [-0.39, 0.29) is 0 Å². The summed E-state index contributed by atoms with van der Waals surface area (Å²) in [5.74, 6) is 1.07. The van der Waals surface area contributed by atoms with Gasteiger partial charge in [0.2, 0.25) is 0 Å². The van der Waals surface area contributed by atoms with Crippen molar-refractivity contribution in [1.82, 2.24) is 4.98 Å². The van der Waals surface area contributed by atoms with Gasteiger partial charge in [-0.2, -0.15) is 0 Å². The van der Waals surface area contributed by atoms with Gasteiger partial charge in [0.05, 0.1) is 5.02 Å². The molecule has 14 heavy (non-hydrogen) atoms. The quantitative estimate of drug-likeness (QED) is 0.815. The zero-order chi connectivity index (χ0) is 10.3. The van der Waals surface area contributed by atoms with Gasteiger partial charge in [0.15, 0.2) is 0 Å². The summed E-state index contributed by atoms with van der Waals surface area (Å²) in [6.07, 6.45) is 1.71. The average molecular weight is 211 g/mol. The molecule has 2 rings (SSSR count). The molecule has 1 aromatic rings. The largest absolute Gasteiger partial charge is 0.330 e. The van der Waals surface area contributed by atoms with Gasteiger partial charge in [-0.1, -0.05) is 25.4 Å². The van der Waals surface area contributed by atoms with E-state index in [1.54, 1.807) is 6.20 Å². The number of aromatic nitrogens is 1. The lowest BCUT2D eigenvalue weighted by Crippen LogP contribution is -2.05. The van der Waals surface area contributed by atoms with Crippen LogP contribution in [0.15, 0.2) is 18.3 Å². The maximum atomic E-state index is 5.79. The van der Waals surface area contributed by atoms with Gasteiger partial charge in [0, 0.05) is 17.8 Å². The lowest BCUT2D eigenvalue weighted by molar-refractivity contribution is 0.557. The van der Waals surface area contributed by atoms with Crippen molar-refractivity contribution in [1.29, 1.82) is 0 Å². The zero-order valence-electron chi connectivity index (χ0n) is 8.50. The molecule has 0 aliphatic heterocycles. The predicted molar refractivity (Wildman–Crippen MR) is 58.3 cm³/mol. The molecular weight excluding hydrogens is 196 g/mol. The summed E-state index contributed by atoms with van der Waals surface area (Å²) in [4.78, 5) is 4.35. The Morgan fingerprint density at radius 1 is 1.50 bits per heavy atom. The van der Waals surface area contributed by atoms with E-state index in [9.17, 15) is 0 Å². The number of hydrogen-bond donors (Lipinski definition) is 1. The van der Waals surface area contributed by atoms with Gasteiger partial charge in [-0.3, -0.25) is 4.98 Å². The fourth-order valence-corrected chi connectivity index (χ4v) is 2.45. The maximum Gasteiger partial charge on any atom is 0.0589 e. The molecule has 0 radical (unpaired) electrons. The van der Waals surface area contributed by atoms with Crippen LogP contribution in [0.2, 0.25) is 5.02 Å². The summed E-state index contributed by atoms with van der Waals surface area (Å²) in [7, 11) is 0. The first-order chi connectivity index (χ1) is 6.57. The number of halogens is 1. The zero-order valence-corrected chi connectivity index (χ0v) is 9.25. The summed E-state index contributed by atoms with van der Waals surface area (Å²) < 4.78 is 0. The van der Waals surface area contributed by atoms with Crippen molar-refractivity contribution in [2.45, 2.75) is 19.8 Å². The van der Waals surface area contributed by atoms with E-state index in [2.05, 4.69) is 18.8 Å². The van der Waals surface area contributed by atoms with Crippen molar-refractivity contribution in [2.24, 2.45) is 17.1 Å². The van der Waals surface area contributed by atoms with Crippen LogP contribution in [0.1, 0.15) is 25.5 Å². The lowest BCUT2D eigenvalue weighted by Gasteiger charge is -2.01. The van der Waals surface area contributed by atoms with Crippen LogP contribution >= 0.6 is 11.6 Å². The number of nitrogens with two attached hydrogens (primary N) is 1. The molecule has 0 spiro atoms. The van der Waals surface area contributed by atoms with Crippen LogP contribution in [0.3, 0.4) is 0 Å². The van der Waals surface area contributed by atoms with Crippen molar-refractivity contribution < 1.29 is 0 Å². The van der Waals surface area contributed by atoms with Gasteiger partial charge in [0.1, 0.15) is 0 Å². The lowest BCUT2D eigenvalue weighted by atomic mass is 10.1. The summed E-state index contributed by atoms with van der Waals surface area (Å²) in [5.41, 5.74) is 7.13. The number of hydrogen-bond acceptors (Lipinski definition) is 2. The Labute approximate surface area is 89.5 Å². The first-order valence-electron chi connectivity index (χ1n) is 4.89. The molecule has 0 amide bonds. The van der Waals surface area contributed by atoms with E-state index >= 15 is 0 Å². The van der Waals surface area contributed by atoms with Crippen LogP contribution in [-0.2, 0) is 0 Å². The highest BCUT2D eigenvalue weighted by molar-refractivity contribution is 6.30. The van der Waals surface area contributed by atoms with Crippen LogP contribution in [0.5, 0.6) is 0 Å². The first-order valence-corrected chi connectivity index (χ1v) is 5.26. The van der Waals surface area contributed by atoms with Gasteiger partial charge >= 0.3 is 0 Å². The Morgan fingerprint density at radius 2 is 2.21 bits per heavy atom. The first kappa shape index (κ1) is 9.94. The molecule has 0 unspecified atom stereocenters. The molecular formula is C11H15ClN2. The molecule has 2 N–H and O–H groups in total. The molecule has 1 aromatic heterocycles. The molecule has 2 atom stereocenters. The summed E-state index contributed by atoms with van der Waals surface area (Å²) >= 11 is 5.79. The summed E-state index contributed by atoms with van der Waals surface area (Å²) in [5, 5.41) is 0.691. The second-order valence-electron chi connectivity index (χ2n) is 4.54. The molecule has 0 aromatic carbocycles. The molecule has 1 fully saturated rings. The van der Waals surface area contributed by atoms with Gasteiger partial charge < -0.3 is 5.73 Å². The number of rotatable bonds is 2. The van der Waals surface area contributed by atoms with E-state index < -0.39 is 0 Å². The van der Waals surface area contributed by atoms with Gasteiger partial charge in [-0.25, -0.2) is 0 Å². The maximum absolute atomic E-state index is 5.79. The van der Waals surface area contributed by atoms with E-state index in [1.807, 2.05) is 12.1 Å². The van der Waals surface area contributed by atoms with Crippen LogP contribution in [0.25, 0.3) is 0 Å². The molecule has 76 valence electrons. The third kappa shape index (κ3) is 1.43. The molecule has 0 saturated heterocycles. The Morgan fingerprint density at radius 3 is 2.64 bits per heavy atom. The third-order valence-electron chi connectivity index (χ3n) is 3.37. The molecule has 1 heterocycles. The fourth-order valence-electron chi connectivity index (χ4n) is 2.34. The van der Waals surface area contributed by atoms with Crippen molar-refractivity contribution in [3.05, 3.63) is 29.0 Å². The SMILES string of the molecule is CC1(C)[C@@H](CN)[C@@H]1c1ccc(Cl)cn1. The van der Waals surface area contributed by atoms with Gasteiger partial charge in [0.25, 0.3) is 0 Å². The van der Waals surface area contributed by atoms with Crippen LogP contribution in [-0.4, -0.2) is 11.5 Å². The van der Waals surface area contributed by atoms with Crippen LogP contribution in [0, 0.1) is 11.3 Å². The normalized spacial score (nSPS) is 28.9. The topological polar surface area (TPSA) is 38.9 Å². The predicted octanol–water partition coefficient (Wildman–Crippen LogP) is 2.43. The summed E-state index contributed by atoms with van der Waals surface area (Å²) in [6.45, 7) is 5.22. The second-order valence-corrected chi connectivity index (χ2v) is 4.98. The molecule has 1 aliphatic carbocycles. The molecule has 2 nitrogen and oxygen atoms in total. The van der Waals surface area contributed by atoms with E-state index in [1.165, 1.54) is 0 Å². The number of nitrogens with zero attached hydrogens (tertiary/aromatic N) is 1. The molecule has 3 heteroatoms. The van der Waals surface area contributed by atoms with Gasteiger partial charge in [-0.15, -0.1) is 0 Å². The summed E-state index contributed by atoms with van der Waals surface area (Å²) in [6, 6.07) is 3.90. The van der Waals surface area contributed by atoms with Gasteiger partial charge in [-0.05, 0) is 30.0 Å². The third-order valence-corrected chi connectivity index (χ3v) is 3.60. The minimum absolute atomic E-state index is 0.301. The molecule has 0 bridgehead atoms. The van der Waals surface area contributed by atoms with Crippen molar-refractivity contribution in [3.8, 4) is 0 Å². The minimum Gasteiger partial charge on any atom is -0.330 e. The molecule has 1 aliphatic rings. The Bertz CT molecular complexity index is 332. The second kappa shape index (κ2) is 3.21. The van der Waals surface area contributed by atoms with Crippen molar-refractivity contribution >= 4 is 11.6 Å².